The molecule has 0 radical (unpaired) electrons. The van der Waals surface area contributed by atoms with Crippen LogP contribution in [0, 0.1) is 0 Å². The standard InChI is InChI=1S/C29H32N2O4/c1-29(2,34)25-13-12-24(19-26(25)30-28(33)20-31-14-16-35-17-15-31)27(32)18-21-8-10-23(11-9-21)22-6-4-3-5-7-22/h3-13,19,34H,14-18,20H2,1-2H3,(H,30,33). The number of ketones is 1. The molecule has 6 nitrogen and oxygen atoms in total. The van der Waals surface area contributed by atoms with E-state index in [1.807, 2.05) is 47.4 Å². The molecule has 4 rings (SSSR count). The highest BCUT2D eigenvalue weighted by Gasteiger charge is 2.23. The number of amides is 1. The zero-order chi connectivity index (χ0) is 24.8. The van der Waals surface area contributed by atoms with Gasteiger partial charge in [0.05, 0.1) is 25.4 Å². The summed E-state index contributed by atoms with van der Waals surface area (Å²) in [5.41, 5.74) is 3.49. The summed E-state index contributed by atoms with van der Waals surface area (Å²) in [5.74, 6) is -0.234. The van der Waals surface area contributed by atoms with Crippen LogP contribution in [0.3, 0.4) is 0 Å². The molecule has 3 aromatic carbocycles. The average Bonchev–Trinajstić information content (AvgIpc) is 2.85. The highest BCUT2D eigenvalue weighted by Crippen LogP contribution is 2.29. The summed E-state index contributed by atoms with van der Waals surface area (Å²) in [6.45, 7) is 6.18. The van der Waals surface area contributed by atoms with E-state index < -0.39 is 5.60 Å². The van der Waals surface area contributed by atoms with Gasteiger partial charge in [-0.1, -0.05) is 66.7 Å². The lowest BCUT2D eigenvalue weighted by molar-refractivity contribution is -0.118. The minimum Gasteiger partial charge on any atom is -0.386 e. The predicted molar refractivity (Wildman–Crippen MR) is 137 cm³/mol. The number of carbonyl (C=O) groups is 2. The summed E-state index contributed by atoms with van der Waals surface area (Å²) in [5, 5.41) is 13.5. The van der Waals surface area contributed by atoms with Crippen LogP contribution in [0.15, 0.2) is 72.8 Å². The first-order chi connectivity index (χ1) is 16.8. The Bertz CT molecular complexity index is 1160. The number of rotatable bonds is 8. The maximum Gasteiger partial charge on any atom is 0.238 e. The second-order valence-electron chi connectivity index (χ2n) is 9.42. The van der Waals surface area contributed by atoms with E-state index in [2.05, 4.69) is 17.4 Å². The molecule has 0 aliphatic carbocycles. The molecule has 0 unspecified atom stereocenters. The lowest BCUT2D eigenvalue weighted by Gasteiger charge is -2.27. The van der Waals surface area contributed by atoms with E-state index >= 15 is 0 Å². The monoisotopic (exact) mass is 472 g/mol. The molecule has 1 amide bonds. The number of benzene rings is 3. The smallest absolute Gasteiger partial charge is 0.238 e. The fraction of sp³-hybridized carbons (Fsp3) is 0.310. The number of hydrogen-bond acceptors (Lipinski definition) is 5. The summed E-state index contributed by atoms with van der Waals surface area (Å²) in [4.78, 5) is 27.8. The number of Topliss-reactive ketones (excluding diaryl/α,β-unsaturated/α-hetero) is 1. The summed E-state index contributed by atoms with van der Waals surface area (Å²) < 4.78 is 5.34. The quantitative estimate of drug-likeness (QED) is 0.479. The number of aliphatic hydroxyl groups is 1. The fourth-order valence-electron chi connectivity index (χ4n) is 4.24. The number of anilines is 1. The van der Waals surface area contributed by atoms with Crippen LogP contribution in [0.25, 0.3) is 11.1 Å². The Morgan fingerprint density at radius 3 is 2.26 bits per heavy atom. The third-order valence-electron chi connectivity index (χ3n) is 6.17. The van der Waals surface area contributed by atoms with E-state index in [9.17, 15) is 14.7 Å². The van der Waals surface area contributed by atoms with E-state index in [-0.39, 0.29) is 24.7 Å². The van der Waals surface area contributed by atoms with Gasteiger partial charge in [0, 0.05) is 36.3 Å². The molecule has 1 saturated heterocycles. The Kier molecular flexibility index (Phi) is 7.76. The van der Waals surface area contributed by atoms with Crippen molar-refractivity contribution in [2.75, 3.05) is 38.2 Å². The van der Waals surface area contributed by atoms with E-state index in [1.165, 1.54) is 0 Å². The molecule has 1 heterocycles. The Labute approximate surface area is 206 Å². The van der Waals surface area contributed by atoms with Gasteiger partial charge in [0.15, 0.2) is 5.78 Å². The van der Waals surface area contributed by atoms with Crippen LogP contribution in [0.2, 0.25) is 0 Å². The summed E-state index contributed by atoms with van der Waals surface area (Å²) in [6, 6.07) is 23.2. The van der Waals surface area contributed by atoms with Gasteiger partial charge in [-0.2, -0.15) is 0 Å². The normalized spacial score (nSPS) is 14.5. The molecular weight excluding hydrogens is 440 g/mol. The van der Waals surface area contributed by atoms with E-state index in [0.29, 0.717) is 43.1 Å². The van der Waals surface area contributed by atoms with Crippen molar-refractivity contribution in [1.82, 2.24) is 4.90 Å². The van der Waals surface area contributed by atoms with Gasteiger partial charge in [0.1, 0.15) is 0 Å². The minimum absolute atomic E-state index is 0.0524. The zero-order valence-electron chi connectivity index (χ0n) is 20.3. The first kappa shape index (κ1) is 24.8. The first-order valence-electron chi connectivity index (χ1n) is 11.9. The molecule has 35 heavy (non-hydrogen) atoms. The minimum atomic E-state index is -1.17. The number of carbonyl (C=O) groups excluding carboxylic acids is 2. The molecule has 1 aliphatic rings. The molecule has 3 aromatic rings. The van der Waals surface area contributed by atoms with Crippen molar-refractivity contribution in [3.8, 4) is 11.1 Å². The second-order valence-corrected chi connectivity index (χ2v) is 9.42. The van der Waals surface area contributed by atoms with Crippen LogP contribution in [0.5, 0.6) is 0 Å². The van der Waals surface area contributed by atoms with Crippen LogP contribution in [-0.4, -0.2) is 54.5 Å². The third-order valence-corrected chi connectivity index (χ3v) is 6.17. The molecular formula is C29H32N2O4. The SMILES string of the molecule is CC(C)(O)c1ccc(C(=O)Cc2ccc(-c3ccccc3)cc2)cc1NC(=O)CN1CCOCC1. The van der Waals surface area contributed by atoms with E-state index in [4.69, 9.17) is 4.74 Å². The maximum atomic E-state index is 13.1. The molecule has 2 N–H and O–H groups in total. The molecule has 0 atom stereocenters. The van der Waals surface area contributed by atoms with Crippen LogP contribution in [0.4, 0.5) is 5.69 Å². The van der Waals surface area contributed by atoms with E-state index in [1.54, 1.807) is 32.0 Å². The Morgan fingerprint density at radius 1 is 0.943 bits per heavy atom. The molecule has 0 aromatic heterocycles. The summed E-state index contributed by atoms with van der Waals surface area (Å²) >= 11 is 0. The van der Waals surface area contributed by atoms with Crippen LogP contribution >= 0.6 is 0 Å². The van der Waals surface area contributed by atoms with Crippen molar-refractivity contribution in [3.05, 3.63) is 89.5 Å². The Morgan fingerprint density at radius 2 is 1.60 bits per heavy atom. The van der Waals surface area contributed by atoms with Crippen LogP contribution in [0.1, 0.15) is 35.3 Å². The first-order valence-corrected chi connectivity index (χ1v) is 11.9. The molecule has 0 spiro atoms. The Balaban J connectivity index is 1.48. The van der Waals surface area contributed by atoms with Crippen molar-refractivity contribution in [2.45, 2.75) is 25.9 Å². The fourth-order valence-corrected chi connectivity index (χ4v) is 4.24. The van der Waals surface area contributed by atoms with Gasteiger partial charge in [-0.3, -0.25) is 14.5 Å². The van der Waals surface area contributed by atoms with Crippen molar-refractivity contribution in [1.29, 1.82) is 0 Å². The number of nitrogens with one attached hydrogen (secondary N) is 1. The van der Waals surface area contributed by atoms with Gasteiger partial charge in [0.2, 0.25) is 5.91 Å². The van der Waals surface area contributed by atoms with Gasteiger partial charge in [0.25, 0.3) is 0 Å². The van der Waals surface area contributed by atoms with Crippen molar-refractivity contribution >= 4 is 17.4 Å². The lowest BCUT2D eigenvalue weighted by Crippen LogP contribution is -2.41. The zero-order valence-corrected chi connectivity index (χ0v) is 20.3. The average molecular weight is 473 g/mol. The third kappa shape index (κ3) is 6.63. The Hall–Kier alpha value is -3.32. The largest absolute Gasteiger partial charge is 0.386 e. The summed E-state index contributed by atoms with van der Waals surface area (Å²) in [6.07, 6.45) is 0.248. The number of nitrogens with zero attached hydrogens (tertiary/aromatic N) is 1. The molecule has 6 heteroatoms. The predicted octanol–water partition coefficient (Wildman–Crippen LogP) is 4.28. The van der Waals surface area contributed by atoms with Crippen molar-refractivity contribution in [3.63, 3.8) is 0 Å². The molecule has 0 bridgehead atoms. The number of hydrogen-bond donors (Lipinski definition) is 2. The van der Waals surface area contributed by atoms with Gasteiger partial charge in [-0.05, 0) is 36.6 Å². The van der Waals surface area contributed by atoms with Crippen LogP contribution < -0.4 is 5.32 Å². The van der Waals surface area contributed by atoms with Gasteiger partial charge in [-0.15, -0.1) is 0 Å². The van der Waals surface area contributed by atoms with Gasteiger partial charge < -0.3 is 15.2 Å². The number of ether oxygens (including phenoxy) is 1. The second kappa shape index (κ2) is 11.0. The highest BCUT2D eigenvalue weighted by molar-refractivity contribution is 6.00. The molecule has 1 fully saturated rings. The summed E-state index contributed by atoms with van der Waals surface area (Å²) in [7, 11) is 0. The van der Waals surface area contributed by atoms with Crippen molar-refractivity contribution in [2.24, 2.45) is 0 Å². The molecule has 0 saturated carbocycles. The lowest BCUT2D eigenvalue weighted by atomic mass is 9.93. The van der Waals surface area contributed by atoms with E-state index in [0.717, 1.165) is 16.7 Å². The molecule has 182 valence electrons. The van der Waals surface area contributed by atoms with Crippen LogP contribution in [-0.2, 0) is 21.6 Å². The highest BCUT2D eigenvalue weighted by atomic mass is 16.5. The van der Waals surface area contributed by atoms with Gasteiger partial charge in [-0.25, -0.2) is 0 Å². The van der Waals surface area contributed by atoms with Crippen molar-refractivity contribution < 1.29 is 19.4 Å². The van der Waals surface area contributed by atoms with Gasteiger partial charge >= 0.3 is 0 Å². The maximum absolute atomic E-state index is 13.1. The molecule has 1 aliphatic heterocycles. The number of morpholine rings is 1. The topological polar surface area (TPSA) is 78.9 Å².